The van der Waals surface area contributed by atoms with Crippen molar-refractivity contribution < 1.29 is 5.11 Å². The number of aromatic nitrogens is 5. The summed E-state index contributed by atoms with van der Waals surface area (Å²) in [4.78, 5) is 8.92. The summed E-state index contributed by atoms with van der Waals surface area (Å²) in [6.07, 6.45) is 11.1. The third kappa shape index (κ3) is 3.71. The number of nitrogens with one attached hydrogen (secondary N) is 1. The number of rotatable bonds is 4. The lowest BCUT2D eigenvalue weighted by molar-refractivity contribution is 0.124. The number of aliphatic hydroxyl groups is 1. The van der Waals surface area contributed by atoms with Crippen molar-refractivity contribution in [2.24, 2.45) is 0 Å². The van der Waals surface area contributed by atoms with Gasteiger partial charge >= 0.3 is 0 Å². The second kappa shape index (κ2) is 7.50. The number of halogens is 1. The lowest BCUT2D eigenvalue weighted by atomic mass is 9.93. The van der Waals surface area contributed by atoms with E-state index in [-0.39, 0.29) is 6.10 Å². The van der Waals surface area contributed by atoms with E-state index >= 15 is 0 Å². The Labute approximate surface area is 173 Å². The van der Waals surface area contributed by atoms with Crippen LogP contribution in [0.15, 0.2) is 55.1 Å². The number of imidazole rings is 1. The Balaban J connectivity index is 1.47. The standard InChI is InChI=1S/C21H21ClN6O/c22-19-7-9-28(26-19)21-10-14(6-8-23-21)18-12-24-20-5-4-16(13-27(18)20)25-15-2-1-3-17(29)11-15/h4-10,12-13,15,17,25,29H,1-3,11H2. The summed E-state index contributed by atoms with van der Waals surface area (Å²) in [6, 6.07) is 9.97. The third-order valence-corrected chi connectivity index (χ3v) is 5.56. The number of anilines is 1. The van der Waals surface area contributed by atoms with Crippen LogP contribution >= 0.6 is 11.6 Å². The summed E-state index contributed by atoms with van der Waals surface area (Å²) in [5.41, 5.74) is 3.84. The van der Waals surface area contributed by atoms with E-state index in [2.05, 4.69) is 31.0 Å². The second-order valence-electron chi connectivity index (χ2n) is 7.44. The molecule has 0 amide bonds. The Morgan fingerprint density at radius 3 is 2.90 bits per heavy atom. The number of hydrogen-bond donors (Lipinski definition) is 2. The summed E-state index contributed by atoms with van der Waals surface area (Å²) < 4.78 is 3.72. The minimum Gasteiger partial charge on any atom is -0.393 e. The molecule has 1 saturated carbocycles. The maximum Gasteiger partial charge on any atom is 0.153 e. The molecule has 7 nitrogen and oxygen atoms in total. The molecular formula is C21H21ClN6O. The maximum absolute atomic E-state index is 9.93. The van der Waals surface area contributed by atoms with E-state index in [0.717, 1.165) is 48.3 Å². The van der Waals surface area contributed by atoms with E-state index in [1.54, 1.807) is 23.1 Å². The van der Waals surface area contributed by atoms with Crippen LogP contribution in [0.4, 0.5) is 5.69 Å². The highest BCUT2D eigenvalue weighted by Crippen LogP contribution is 2.26. The molecule has 2 atom stereocenters. The van der Waals surface area contributed by atoms with Gasteiger partial charge in [0.1, 0.15) is 5.65 Å². The molecule has 5 rings (SSSR count). The number of nitrogens with zero attached hydrogens (tertiary/aromatic N) is 5. The molecule has 0 bridgehead atoms. The highest BCUT2D eigenvalue weighted by atomic mass is 35.5. The average molecular weight is 409 g/mol. The molecule has 4 aromatic rings. The highest BCUT2D eigenvalue weighted by Gasteiger charge is 2.20. The van der Waals surface area contributed by atoms with Gasteiger partial charge in [0, 0.05) is 30.2 Å². The quantitative estimate of drug-likeness (QED) is 0.534. The molecule has 0 spiro atoms. The zero-order valence-electron chi connectivity index (χ0n) is 15.7. The van der Waals surface area contributed by atoms with Gasteiger partial charge in [0.25, 0.3) is 0 Å². The van der Waals surface area contributed by atoms with Crippen molar-refractivity contribution in [2.75, 3.05) is 5.32 Å². The van der Waals surface area contributed by atoms with Crippen molar-refractivity contribution in [1.82, 2.24) is 24.1 Å². The first-order chi connectivity index (χ1) is 14.2. The van der Waals surface area contributed by atoms with Crippen LogP contribution in [0.3, 0.4) is 0 Å². The Morgan fingerprint density at radius 1 is 1.14 bits per heavy atom. The van der Waals surface area contributed by atoms with Crippen LogP contribution in [0.1, 0.15) is 25.7 Å². The van der Waals surface area contributed by atoms with Crippen molar-refractivity contribution in [3.8, 4) is 17.1 Å². The molecule has 4 heterocycles. The molecule has 29 heavy (non-hydrogen) atoms. The molecule has 148 valence electrons. The van der Waals surface area contributed by atoms with Gasteiger partial charge in [0.2, 0.25) is 0 Å². The van der Waals surface area contributed by atoms with Gasteiger partial charge in [0.05, 0.1) is 23.7 Å². The van der Waals surface area contributed by atoms with E-state index in [1.165, 1.54) is 0 Å². The zero-order valence-corrected chi connectivity index (χ0v) is 16.5. The zero-order chi connectivity index (χ0) is 19.8. The molecule has 1 fully saturated rings. The van der Waals surface area contributed by atoms with Crippen LogP contribution in [-0.4, -0.2) is 41.4 Å². The largest absolute Gasteiger partial charge is 0.393 e. The molecule has 4 aromatic heterocycles. The van der Waals surface area contributed by atoms with Crippen LogP contribution in [0, 0.1) is 0 Å². The first-order valence-electron chi connectivity index (χ1n) is 9.75. The van der Waals surface area contributed by atoms with Crippen LogP contribution in [0.25, 0.3) is 22.7 Å². The molecule has 0 aromatic carbocycles. The molecule has 0 radical (unpaired) electrons. The lowest BCUT2D eigenvalue weighted by Crippen LogP contribution is -2.29. The molecule has 0 saturated heterocycles. The normalized spacial score (nSPS) is 19.5. The fraction of sp³-hybridized carbons (Fsp3) is 0.286. The summed E-state index contributed by atoms with van der Waals surface area (Å²) in [5, 5.41) is 18.1. The minimum atomic E-state index is -0.208. The fourth-order valence-corrected chi connectivity index (χ4v) is 4.08. The van der Waals surface area contributed by atoms with Gasteiger partial charge in [0.15, 0.2) is 11.0 Å². The lowest BCUT2D eigenvalue weighted by Gasteiger charge is -2.27. The number of fused-ring (bicyclic) bond motifs is 1. The van der Waals surface area contributed by atoms with Crippen molar-refractivity contribution in [3.63, 3.8) is 0 Å². The smallest absolute Gasteiger partial charge is 0.153 e. The highest BCUT2D eigenvalue weighted by molar-refractivity contribution is 6.29. The van der Waals surface area contributed by atoms with Crippen LogP contribution in [0.5, 0.6) is 0 Å². The van der Waals surface area contributed by atoms with E-state index in [0.29, 0.717) is 17.0 Å². The monoisotopic (exact) mass is 408 g/mol. The number of hydrogen-bond acceptors (Lipinski definition) is 5. The van der Waals surface area contributed by atoms with Crippen molar-refractivity contribution in [3.05, 3.63) is 60.3 Å². The van der Waals surface area contributed by atoms with Crippen LogP contribution < -0.4 is 5.32 Å². The fourth-order valence-electron chi connectivity index (χ4n) is 3.94. The summed E-state index contributed by atoms with van der Waals surface area (Å²) >= 11 is 5.94. The summed E-state index contributed by atoms with van der Waals surface area (Å²) in [6.45, 7) is 0. The van der Waals surface area contributed by atoms with E-state index in [9.17, 15) is 5.11 Å². The average Bonchev–Trinajstić information content (AvgIpc) is 3.34. The SMILES string of the molecule is OC1CCCC(Nc2ccc3ncc(-c4ccnc(-n5ccc(Cl)n5)c4)n3c2)C1. The van der Waals surface area contributed by atoms with Gasteiger partial charge in [-0.2, -0.15) is 5.10 Å². The molecule has 2 unspecified atom stereocenters. The van der Waals surface area contributed by atoms with Gasteiger partial charge in [-0.1, -0.05) is 11.6 Å². The number of pyridine rings is 2. The molecule has 1 aliphatic rings. The van der Waals surface area contributed by atoms with Gasteiger partial charge in [-0.05, 0) is 56.0 Å². The van der Waals surface area contributed by atoms with Crippen LogP contribution in [-0.2, 0) is 0 Å². The minimum absolute atomic E-state index is 0.208. The summed E-state index contributed by atoms with van der Waals surface area (Å²) in [7, 11) is 0. The Bertz CT molecular complexity index is 1150. The Morgan fingerprint density at radius 2 is 2.07 bits per heavy atom. The van der Waals surface area contributed by atoms with Gasteiger partial charge in [-0.25, -0.2) is 14.6 Å². The Kier molecular flexibility index (Phi) is 4.69. The van der Waals surface area contributed by atoms with E-state index < -0.39 is 0 Å². The van der Waals surface area contributed by atoms with Crippen molar-refractivity contribution in [1.29, 1.82) is 0 Å². The van der Waals surface area contributed by atoms with E-state index in [1.807, 2.05) is 30.5 Å². The van der Waals surface area contributed by atoms with Crippen molar-refractivity contribution >= 4 is 22.9 Å². The Hall–Kier alpha value is -2.90. The molecule has 2 N–H and O–H groups in total. The second-order valence-corrected chi connectivity index (χ2v) is 7.82. The number of aliphatic hydroxyl groups excluding tert-OH is 1. The molecule has 8 heteroatoms. The summed E-state index contributed by atoms with van der Waals surface area (Å²) in [5.74, 6) is 0.690. The predicted molar refractivity (Wildman–Crippen MR) is 112 cm³/mol. The van der Waals surface area contributed by atoms with Gasteiger partial charge in [-0.15, -0.1) is 0 Å². The first-order valence-corrected chi connectivity index (χ1v) is 10.1. The third-order valence-electron chi connectivity index (χ3n) is 5.36. The van der Waals surface area contributed by atoms with Gasteiger partial charge < -0.3 is 10.4 Å². The maximum atomic E-state index is 9.93. The molecule has 0 aliphatic heterocycles. The van der Waals surface area contributed by atoms with Gasteiger partial charge in [-0.3, -0.25) is 4.40 Å². The molecular weight excluding hydrogens is 388 g/mol. The first kappa shape index (κ1) is 18.1. The van der Waals surface area contributed by atoms with Crippen molar-refractivity contribution in [2.45, 2.75) is 37.8 Å². The topological polar surface area (TPSA) is 80.3 Å². The molecule has 1 aliphatic carbocycles. The van der Waals surface area contributed by atoms with Crippen LogP contribution in [0.2, 0.25) is 5.15 Å². The predicted octanol–water partition coefficient (Wildman–Crippen LogP) is 3.95. The van der Waals surface area contributed by atoms with E-state index in [4.69, 9.17) is 11.6 Å².